The molecule has 6 heteroatoms. The number of hydrogen-bond donors (Lipinski definition) is 3. The minimum absolute atomic E-state index is 0.119. The van der Waals surface area contributed by atoms with Crippen molar-refractivity contribution in [1.29, 1.82) is 0 Å². The van der Waals surface area contributed by atoms with Crippen LogP contribution in [0.15, 0.2) is 24.3 Å². The quantitative estimate of drug-likeness (QED) is 0.671. The molecule has 1 aromatic carbocycles. The third-order valence-corrected chi connectivity index (χ3v) is 4.24. The Morgan fingerprint density at radius 1 is 1.35 bits per heavy atom. The molecule has 0 saturated heterocycles. The number of rotatable bonds is 4. The van der Waals surface area contributed by atoms with Gasteiger partial charge in [-0.2, -0.15) is 0 Å². The van der Waals surface area contributed by atoms with Gasteiger partial charge in [-0.1, -0.05) is 18.2 Å². The molecule has 0 aromatic heterocycles. The van der Waals surface area contributed by atoms with E-state index in [9.17, 15) is 8.42 Å². The van der Waals surface area contributed by atoms with Crippen molar-refractivity contribution in [2.24, 2.45) is 0 Å². The van der Waals surface area contributed by atoms with Gasteiger partial charge in [0, 0.05) is 11.7 Å². The van der Waals surface area contributed by atoms with Crippen LogP contribution in [-0.2, 0) is 15.8 Å². The van der Waals surface area contributed by atoms with Gasteiger partial charge in [0.25, 0.3) is 0 Å². The van der Waals surface area contributed by atoms with Gasteiger partial charge in [0.15, 0.2) is 0 Å². The Labute approximate surface area is 101 Å². The third kappa shape index (κ3) is 3.18. The number of aliphatic hydroxyl groups is 1. The molecular formula is C11H16N2O3S. The van der Waals surface area contributed by atoms with Gasteiger partial charge in [-0.25, -0.2) is 13.1 Å². The highest BCUT2D eigenvalue weighted by Crippen LogP contribution is 2.21. The number of anilines is 1. The van der Waals surface area contributed by atoms with Crippen LogP contribution in [0.2, 0.25) is 0 Å². The van der Waals surface area contributed by atoms with E-state index in [0.717, 1.165) is 0 Å². The van der Waals surface area contributed by atoms with Gasteiger partial charge in [0.2, 0.25) is 10.0 Å². The largest absolute Gasteiger partial charge is 0.398 e. The summed E-state index contributed by atoms with van der Waals surface area (Å²) in [6, 6.07) is 6.76. The summed E-state index contributed by atoms with van der Waals surface area (Å²) in [5, 5.41) is 9.09. The molecule has 4 N–H and O–H groups in total. The molecule has 5 nitrogen and oxygen atoms in total. The number of aliphatic hydroxyl groups excluding tert-OH is 1. The molecular weight excluding hydrogens is 240 g/mol. The summed E-state index contributed by atoms with van der Waals surface area (Å²) >= 11 is 0. The summed E-state index contributed by atoms with van der Waals surface area (Å²) in [6.07, 6.45) is 0.608. The van der Waals surface area contributed by atoms with Crippen molar-refractivity contribution in [3.05, 3.63) is 29.8 Å². The maximum atomic E-state index is 11.8. The molecule has 0 amide bonds. The van der Waals surface area contributed by atoms with E-state index in [-0.39, 0.29) is 17.9 Å². The number of sulfonamides is 1. The van der Waals surface area contributed by atoms with Crippen LogP contribution in [0.25, 0.3) is 0 Å². The second kappa shape index (κ2) is 4.64. The zero-order valence-electron chi connectivity index (χ0n) is 9.33. The molecule has 1 saturated carbocycles. The van der Waals surface area contributed by atoms with Crippen LogP contribution in [0.5, 0.6) is 0 Å². The van der Waals surface area contributed by atoms with Crippen LogP contribution in [0, 0.1) is 0 Å². The molecule has 0 bridgehead atoms. The van der Waals surface area contributed by atoms with E-state index in [0.29, 0.717) is 24.1 Å². The monoisotopic (exact) mass is 256 g/mol. The van der Waals surface area contributed by atoms with Crippen LogP contribution < -0.4 is 10.5 Å². The number of nitrogen functional groups attached to an aromatic ring is 1. The first-order chi connectivity index (χ1) is 7.96. The van der Waals surface area contributed by atoms with Gasteiger partial charge < -0.3 is 10.8 Å². The van der Waals surface area contributed by atoms with Gasteiger partial charge in [-0.3, -0.25) is 0 Å². The van der Waals surface area contributed by atoms with Crippen LogP contribution in [-0.4, -0.2) is 25.7 Å². The van der Waals surface area contributed by atoms with E-state index in [4.69, 9.17) is 10.8 Å². The Hall–Kier alpha value is -1.11. The highest BCUT2D eigenvalue weighted by atomic mass is 32.2. The van der Waals surface area contributed by atoms with Gasteiger partial charge in [-0.05, 0) is 24.5 Å². The van der Waals surface area contributed by atoms with Crippen LogP contribution in [0.1, 0.15) is 18.4 Å². The average molecular weight is 256 g/mol. The van der Waals surface area contributed by atoms with Gasteiger partial charge in [0.05, 0.1) is 11.9 Å². The Balaban J connectivity index is 2.00. The van der Waals surface area contributed by atoms with E-state index in [1.807, 2.05) is 0 Å². The second-order valence-electron chi connectivity index (χ2n) is 4.40. The number of benzene rings is 1. The Bertz CT molecular complexity index is 495. The van der Waals surface area contributed by atoms with Gasteiger partial charge in [0.1, 0.15) is 0 Å². The van der Waals surface area contributed by atoms with Crippen molar-refractivity contribution in [3.63, 3.8) is 0 Å². The van der Waals surface area contributed by atoms with E-state index in [1.165, 1.54) is 0 Å². The lowest BCUT2D eigenvalue weighted by Gasteiger charge is -2.31. The smallest absolute Gasteiger partial charge is 0.216 e. The zero-order chi connectivity index (χ0) is 12.5. The van der Waals surface area contributed by atoms with Crippen molar-refractivity contribution in [2.45, 2.75) is 30.7 Å². The fourth-order valence-electron chi connectivity index (χ4n) is 1.85. The molecule has 1 aliphatic carbocycles. The lowest BCUT2D eigenvalue weighted by molar-refractivity contribution is 0.0712. The normalized spacial score (nSPS) is 24.3. The summed E-state index contributed by atoms with van der Waals surface area (Å²) in [5.74, 6) is -0.119. The molecule has 2 rings (SSSR count). The van der Waals surface area contributed by atoms with Crippen LogP contribution in [0.3, 0.4) is 0 Å². The van der Waals surface area contributed by atoms with E-state index in [2.05, 4.69) is 4.72 Å². The molecule has 1 aromatic rings. The van der Waals surface area contributed by atoms with Crippen molar-refractivity contribution in [1.82, 2.24) is 4.72 Å². The summed E-state index contributed by atoms with van der Waals surface area (Å²) in [5.41, 5.74) is 6.77. The summed E-state index contributed by atoms with van der Waals surface area (Å²) in [4.78, 5) is 0. The number of nitrogens with one attached hydrogen (secondary N) is 1. The molecule has 0 unspecified atom stereocenters. The van der Waals surface area contributed by atoms with Crippen LogP contribution in [0.4, 0.5) is 5.69 Å². The van der Waals surface area contributed by atoms with Crippen molar-refractivity contribution < 1.29 is 13.5 Å². The first-order valence-electron chi connectivity index (χ1n) is 5.48. The predicted octanol–water partition coefficient (Wildman–Crippen LogP) is 0.211. The van der Waals surface area contributed by atoms with Gasteiger partial charge >= 0.3 is 0 Å². The molecule has 0 radical (unpaired) electrons. The fourth-order valence-corrected chi connectivity index (χ4v) is 3.31. The van der Waals surface area contributed by atoms with Gasteiger partial charge in [-0.15, -0.1) is 0 Å². The van der Waals surface area contributed by atoms with Crippen molar-refractivity contribution >= 4 is 15.7 Å². The lowest BCUT2D eigenvalue weighted by Crippen LogP contribution is -2.46. The average Bonchev–Trinajstić information content (AvgIpc) is 2.18. The maximum Gasteiger partial charge on any atom is 0.216 e. The van der Waals surface area contributed by atoms with Crippen molar-refractivity contribution in [3.8, 4) is 0 Å². The SMILES string of the molecule is Nc1ccccc1CS(=O)(=O)NC1CC(O)C1. The Kier molecular flexibility index (Phi) is 3.37. The number of hydrogen-bond acceptors (Lipinski definition) is 4. The summed E-state index contributed by atoms with van der Waals surface area (Å²) in [6.45, 7) is 0. The second-order valence-corrected chi connectivity index (χ2v) is 6.15. The molecule has 1 fully saturated rings. The lowest BCUT2D eigenvalue weighted by atomic mass is 9.91. The molecule has 0 spiro atoms. The van der Waals surface area contributed by atoms with E-state index >= 15 is 0 Å². The predicted molar refractivity (Wildman–Crippen MR) is 65.6 cm³/mol. The molecule has 94 valence electrons. The number of para-hydroxylation sites is 1. The molecule has 1 aliphatic rings. The Morgan fingerprint density at radius 3 is 2.59 bits per heavy atom. The summed E-state index contributed by atoms with van der Waals surface area (Å²) in [7, 11) is -3.38. The maximum absolute atomic E-state index is 11.8. The molecule has 17 heavy (non-hydrogen) atoms. The topological polar surface area (TPSA) is 92.4 Å². The van der Waals surface area contributed by atoms with Crippen molar-refractivity contribution in [2.75, 3.05) is 5.73 Å². The molecule has 0 heterocycles. The minimum Gasteiger partial charge on any atom is -0.398 e. The first kappa shape index (κ1) is 12.3. The summed E-state index contributed by atoms with van der Waals surface area (Å²) < 4.78 is 26.2. The molecule has 0 aliphatic heterocycles. The third-order valence-electron chi connectivity index (χ3n) is 2.86. The van der Waals surface area contributed by atoms with E-state index < -0.39 is 10.0 Å². The first-order valence-corrected chi connectivity index (χ1v) is 7.13. The minimum atomic E-state index is -3.38. The fraction of sp³-hybridized carbons (Fsp3) is 0.455. The number of nitrogens with two attached hydrogens (primary N) is 1. The van der Waals surface area contributed by atoms with E-state index in [1.54, 1.807) is 24.3 Å². The van der Waals surface area contributed by atoms with Crippen LogP contribution >= 0.6 is 0 Å². The Morgan fingerprint density at radius 2 is 2.00 bits per heavy atom. The highest BCUT2D eigenvalue weighted by Gasteiger charge is 2.30. The molecule has 0 atom stereocenters. The highest BCUT2D eigenvalue weighted by molar-refractivity contribution is 7.88. The zero-order valence-corrected chi connectivity index (χ0v) is 10.2. The standard InChI is InChI=1S/C11H16N2O3S/c12-11-4-2-1-3-8(11)7-17(15,16)13-9-5-10(14)6-9/h1-4,9-10,13-14H,5-7,12H2.